The Morgan fingerprint density at radius 1 is 0.842 bits per heavy atom. The molecule has 0 aliphatic heterocycles. The second-order valence-electron chi connectivity index (χ2n) is 5.04. The van der Waals surface area contributed by atoms with Crippen molar-refractivity contribution in [1.29, 1.82) is 5.26 Å². The number of nitrogens with zero attached hydrogens (tertiary/aromatic N) is 1. The van der Waals surface area contributed by atoms with Crippen LogP contribution in [0, 0.1) is 11.3 Å². The number of allylic oxidation sites excluding steroid dienone is 2. The minimum Gasteiger partial charge on any atom is -0.380 e. The highest BCUT2D eigenvalue weighted by Gasteiger charge is 1.92. The van der Waals surface area contributed by atoms with Crippen LogP contribution in [0.5, 0.6) is 0 Å². The van der Waals surface area contributed by atoms with Gasteiger partial charge in [-0.15, -0.1) is 0 Å². The van der Waals surface area contributed by atoms with E-state index in [-0.39, 0.29) is 0 Å². The maximum absolute atomic E-state index is 8.34. The third-order valence-electron chi connectivity index (χ3n) is 3.16. The highest BCUT2D eigenvalue weighted by atomic mass is 16.5. The summed E-state index contributed by atoms with van der Waals surface area (Å²) >= 11 is 0. The van der Waals surface area contributed by atoms with Crippen LogP contribution in [-0.2, 0) is 4.74 Å². The highest BCUT2D eigenvalue weighted by Crippen LogP contribution is 2.08. The Balaban J connectivity index is 2.99. The van der Waals surface area contributed by atoms with E-state index in [0.717, 1.165) is 13.0 Å². The molecule has 0 spiro atoms. The molecule has 0 aromatic heterocycles. The van der Waals surface area contributed by atoms with Gasteiger partial charge in [-0.25, -0.2) is 0 Å². The number of ether oxygens (including phenoxy) is 1. The van der Waals surface area contributed by atoms with Crippen molar-refractivity contribution in [2.24, 2.45) is 0 Å². The summed E-state index contributed by atoms with van der Waals surface area (Å²) < 4.78 is 5.33. The van der Waals surface area contributed by atoms with Crippen molar-refractivity contribution >= 4 is 0 Å². The van der Waals surface area contributed by atoms with Crippen LogP contribution >= 0.6 is 0 Å². The summed E-state index contributed by atoms with van der Waals surface area (Å²) in [5, 5.41) is 8.34. The second-order valence-corrected chi connectivity index (χ2v) is 5.04. The van der Waals surface area contributed by atoms with Gasteiger partial charge in [-0.05, 0) is 25.7 Å². The Morgan fingerprint density at radius 2 is 1.47 bits per heavy atom. The van der Waals surface area contributed by atoms with Gasteiger partial charge in [0.2, 0.25) is 0 Å². The van der Waals surface area contributed by atoms with Gasteiger partial charge < -0.3 is 4.74 Å². The van der Waals surface area contributed by atoms with Crippen LogP contribution < -0.4 is 0 Å². The van der Waals surface area contributed by atoms with Gasteiger partial charge >= 0.3 is 0 Å². The van der Waals surface area contributed by atoms with Gasteiger partial charge in [0, 0.05) is 6.61 Å². The Kier molecular flexibility index (Phi) is 16.5. The number of rotatable bonds is 14. The molecule has 110 valence electrons. The molecule has 0 aromatic carbocycles. The zero-order valence-corrected chi connectivity index (χ0v) is 12.7. The average molecular weight is 265 g/mol. The summed E-state index contributed by atoms with van der Waals surface area (Å²) in [6.45, 7) is 3.66. The molecule has 2 nitrogen and oxygen atoms in total. The zero-order chi connectivity index (χ0) is 14.0. The summed E-state index contributed by atoms with van der Waals surface area (Å²) in [6, 6.07) is 2.08. The maximum Gasteiger partial charge on any atom is 0.0645 e. The summed E-state index contributed by atoms with van der Waals surface area (Å²) in [5.41, 5.74) is 0. The Labute approximate surface area is 119 Å². The fourth-order valence-electron chi connectivity index (χ4n) is 1.95. The fourth-order valence-corrected chi connectivity index (χ4v) is 1.95. The van der Waals surface area contributed by atoms with E-state index in [1.54, 1.807) is 0 Å². The first-order valence-electron chi connectivity index (χ1n) is 8.01. The van der Waals surface area contributed by atoms with Gasteiger partial charge in [-0.3, -0.25) is 0 Å². The van der Waals surface area contributed by atoms with Crippen molar-refractivity contribution in [3.8, 4) is 6.07 Å². The van der Waals surface area contributed by atoms with Crippen LogP contribution in [0.3, 0.4) is 0 Å². The third kappa shape index (κ3) is 17.2. The van der Waals surface area contributed by atoms with Crippen molar-refractivity contribution in [2.45, 2.75) is 77.6 Å². The number of hydrogen-bond donors (Lipinski definition) is 0. The van der Waals surface area contributed by atoms with E-state index in [1.165, 1.54) is 57.8 Å². The molecule has 0 heterocycles. The first-order valence-corrected chi connectivity index (χ1v) is 8.01. The van der Waals surface area contributed by atoms with Crippen LogP contribution in [0.2, 0.25) is 0 Å². The lowest BCUT2D eigenvalue weighted by Gasteiger charge is -2.02. The molecule has 0 atom stereocenters. The Morgan fingerprint density at radius 3 is 2.16 bits per heavy atom. The smallest absolute Gasteiger partial charge is 0.0645 e. The van der Waals surface area contributed by atoms with Gasteiger partial charge in [0.15, 0.2) is 0 Å². The number of unbranched alkanes of at least 4 members (excludes halogenated alkanes) is 8. The van der Waals surface area contributed by atoms with Crippen molar-refractivity contribution in [3.05, 3.63) is 12.2 Å². The molecule has 0 aliphatic carbocycles. The van der Waals surface area contributed by atoms with Gasteiger partial charge in [-0.2, -0.15) is 5.26 Å². The summed E-state index contributed by atoms with van der Waals surface area (Å²) in [5.74, 6) is 0. The molecule has 0 radical (unpaired) electrons. The molecule has 0 rings (SSSR count). The molecule has 0 saturated carbocycles. The van der Waals surface area contributed by atoms with Gasteiger partial charge in [0.1, 0.15) is 0 Å². The number of nitriles is 1. The molecule has 19 heavy (non-hydrogen) atoms. The van der Waals surface area contributed by atoms with Crippen LogP contribution in [-0.4, -0.2) is 13.2 Å². The first kappa shape index (κ1) is 18.2. The Hall–Kier alpha value is -0.810. The fraction of sp³-hybridized carbons (Fsp3) is 0.824. The normalized spacial score (nSPS) is 10.9. The predicted molar refractivity (Wildman–Crippen MR) is 82.0 cm³/mol. The molecule has 0 aromatic rings. The SMILES string of the molecule is CCCC/C=C/CCCCCCCCOCCC#N. The molecule has 0 aliphatic rings. The standard InChI is InChI=1S/C17H31NO/c1-2-3-4-5-6-7-8-9-10-11-12-13-16-19-17-14-15-18/h5-6H,2-4,7-14,16-17H2,1H3/b6-5+. The van der Waals surface area contributed by atoms with Gasteiger partial charge in [0.05, 0.1) is 19.1 Å². The molecule has 0 fully saturated rings. The van der Waals surface area contributed by atoms with E-state index in [1.807, 2.05) is 0 Å². The zero-order valence-electron chi connectivity index (χ0n) is 12.7. The van der Waals surface area contributed by atoms with E-state index in [0.29, 0.717) is 13.0 Å². The topological polar surface area (TPSA) is 33.0 Å². The van der Waals surface area contributed by atoms with Crippen molar-refractivity contribution in [3.63, 3.8) is 0 Å². The summed E-state index contributed by atoms with van der Waals surface area (Å²) in [4.78, 5) is 0. The molecular weight excluding hydrogens is 234 g/mol. The van der Waals surface area contributed by atoms with E-state index in [9.17, 15) is 0 Å². The number of hydrogen-bond acceptors (Lipinski definition) is 2. The molecule has 2 heteroatoms. The van der Waals surface area contributed by atoms with Gasteiger partial charge in [-0.1, -0.05) is 57.6 Å². The van der Waals surface area contributed by atoms with Crippen LogP contribution in [0.1, 0.15) is 77.6 Å². The van der Waals surface area contributed by atoms with E-state index in [2.05, 4.69) is 25.1 Å². The van der Waals surface area contributed by atoms with E-state index >= 15 is 0 Å². The highest BCUT2D eigenvalue weighted by molar-refractivity contribution is 4.81. The molecule has 0 amide bonds. The van der Waals surface area contributed by atoms with Crippen molar-refractivity contribution in [2.75, 3.05) is 13.2 Å². The summed E-state index contributed by atoms with van der Waals surface area (Å²) in [7, 11) is 0. The quantitative estimate of drug-likeness (QED) is 0.311. The average Bonchev–Trinajstić information content (AvgIpc) is 2.43. The van der Waals surface area contributed by atoms with E-state index < -0.39 is 0 Å². The van der Waals surface area contributed by atoms with Crippen LogP contribution in [0.25, 0.3) is 0 Å². The molecule has 0 N–H and O–H groups in total. The minimum atomic E-state index is 0.520. The maximum atomic E-state index is 8.34. The molecule has 0 bridgehead atoms. The largest absolute Gasteiger partial charge is 0.380 e. The molecule has 0 unspecified atom stereocenters. The van der Waals surface area contributed by atoms with Crippen molar-refractivity contribution < 1.29 is 4.74 Å². The van der Waals surface area contributed by atoms with Crippen LogP contribution in [0.4, 0.5) is 0 Å². The third-order valence-corrected chi connectivity index (χ3v) is 3.16. The summed E-state index contributed by atoms with van der Waals surface area (Å²) in [6.07, 6.45) is 18.1. The molecule has 0 saturated heterocycles. The van der Waals surface area contributed by atoms with E-state index in [4.69, 9.17) is 10.00 Å². The first-order chi connectivity index (χ1) is 9.41. The van der Waals surface area contributed by atoms with Crippen LogP contribution in [0.15, 0.2) is 12.2 Å². The second kappa shape index (κ2) is 17.2. The lowest BCUT2D eigenvalue weighted by atomic mass is 10.1. The van der Waals surface area contributed by atoms with Crippen molar-refractivity contribution in [1.82, 2.24) is 0 Å². The molecular formula is C17H31NO. The van der Waals surface area contributed by atoms with Gasteiger partial charge in [0.25, 0.3) is 0 Å². The lowest BCUT2D eigenvalue weighted by molar-refractivity contribution is 0.135. The predicted octanol–water partition coefficient (Wildman–Crippen LogP) is 5.39. The Bertz CT molecular complexity index is 230. The minimum absolute atomic E-state index is 0.520. The monoisotopic (exact) mass is 265 g/mol. The lowest BCUT2D eigenvalue weighted by Crippen LogP contribution is -1.95.